The number of hydrogen-bond donors (Lipinski definition) is 0. The zero-order valence-electron chi connectivity index (χ0n) is 3.33. The van der Waals surface area contributed by atoms with Gasteiger partial charge in [-0.1, -0.05) is 0 Å². The molecule has 0 spiro atoms. The van der Waals surface area contributed by atoms with Crippen molar-refractivity contribution in [3.8, 4) is 6.08 Å². The highest BCUT2D eigenvalue weighted by Gasteiger charge is 1.91. The lowest BCUT2D eigenvalue weighted by Crippen LogP contribution is -1.77. The molecule has 37 valence electrons. The van der Waals surface area contributed by atoms with Gasteiger partial charge in [0.05, 0.1) is 6.20 Å². The average molecular weight is 100 g/mol. The molecule has 4 heteroatoms. The molecule has 0 aliphatic heterocycles. The Kier molecular flexibility index (Phi) is 0.953. The van der Waals surface area contributed by atoms with Gasteiger partial charge in [-0.3, -0.25) is 0 Å². The van der Waals surface area contributed by atoms with Crippen LogP contribution in [0.4, 0.5) is 0 Å². The van der Waals surface area contributed by atoms with Crippen LogP contribution in [0.3, 0.4) is 0 Å². The van der Waals surface area contributed by atoms with Crippen LogP contribution in [0.25, 0.3) is 0 Å². The van der Waals surface area contributed by atoms with Crippen LogP contribution in [0.15, 0.2) is 16.9 Å². The molecule has 1 aromatic rings. The highest BCUT2D eigenvalue weighted by molar-refractivity contribution is 4.81. The van der Waals surface area contributed by atoms with E-state index in [0.717, 1.165) is 0 Å². The van der Waals surface area contributed by atoms with Crippen molar-refractivity contribution in [3.05, 3.63) is 12.5 Å². The maximum atomic E-state index is 9.34. The Hall–Kier alpha value is -1.03. The molecular formula is C3H2NO3. The number of nitrogens with zero attached hydrogens (tertiary/aromatic N) is 1. The third kappa shape index (κ3) is 0.690. The Balaban J connectivity index is 2.76. The summed E-state index contributed by atoms with van der Waals surface area (Å²) < 4.78 is 4.34. The van der Waals surface area contributed by atoms with Crippen molar-refractivity contribution in [2.45, 2.75) is 0 Å². The highest BCUT2D eigenvalue weighted by atomic mass is 17.1. The second-order valence-electron chi connectivity index (χ2n) is 0.881. The number of hydrogen-bond acceptors (Lipinski definition) is 3. The van der Waals surface area contributed by atoms with E-state index in [2.05, 4.69) is 14.3 Å². The van der Waals surface area contributed by atoms with E-state index >= 15 is 0 Å². The van der Waals surface area contributed by atoms with Crippen LogP contribution in [0, 0.1) is 0 Å². The second kappa shape index (κ2) is 1.61. The molecule has 0 N–H and O–H groups in total. The summed E-state index contributed by atoms with van der Waals surface area (Å²) in [7, 11) is 0. The number of rotatable bonds is 1. The van der Waals surface area contributed by atoms with Gasteiger partial charge in [-0.05, 0) is 0 Å². The molecule has 0 aliphatic rings. The fraction of sp³-hybridized carbons (Fsp3) is 0. The normalized spacial score (nSPS) is 8.71. The van der Waals surface area contributed by atoms with Crippen LogP contribution < -0.4 is 4.89 Å². The molecule has 0 atom stereocenters. The summed E-state index contributed by atoms with van der Waals surface area (Å²) >= 11 is 0. The van der Waals surface area contributed by atoms with Crippen molar-refractivity contribution in [2.75, 3.05) is 0 Å². The highest BCUT2D eigenvalue weighted by Crippen LogP contribution is 2.01. The van der Waals surface area contributed by atoms with Crippen molar-refractivity contribution < 1.29 is 14.6 Å². The van der Waals surface area contributed by atoms with Crippen molar-refractivity contribution in [3.63, 3.8) is 0 Å². The molecular weight excluding hydrogens is 98.0 g/mol. The minimum absolute atomic E-state index is 0.250. The minimum atomic E-state index is -0.250. The maximum absolute atomic E-state index is 9.34. The van der Waals surface area contributed by atoms with Gasteiger partial charge in [-0.25, -0.2) is 4.89 Å². The largest absolute Gasteiger partial charge is 0.429 e. The minimum Gasteiger partial charge on any atom is -0.416 e. The summed E-state index contributed by atoms with van der Waals surface area (Å²) in [5, 5.41) is 9.34. The van der Waals surface area contributed by atoms with E-state index in [9.17, 15) is 5.26 Å². The number of aromatic nitrogens is 1. The van der Waals surface area contributed by atoms with Gasteiger partial charge < -0.3 is 4.42 Å². The first kappa shape index (κ1) is 4.14. The van der Waals surface area contributed by atoms with E-state index < -0.39 is 0 Å². The summed E-state index contributed by atoms with van der Waals surface area (Å²) in [6.45, 7) is 0. The molecule has 1 radical (unpaired) electrons. The number of oxazole rings is 1. The second-order valence-corrected chi connectivity index (χ2v) is 0.881. The van der Waals surface area contributed by atoms with Crippen LogP contribution in [0.1, 0.15) is 0 Å². The maximum Gasteiger partial charge on any atom is 0.429 e. The predicted molar refractivity (Wildman–Crippen MR) is 17.8 cm³/mol. The molecule has 4 nitrogen and oxygen atoms in total. The lowest BCUT2D eigenvalue weighted by molar-refractivity contribution is -0.226. The van der Waals surface area contributed by atoms with Gasteiger partial charge in [0.25, 0.3) is 0 Å². The quantitative estimate of drug-likeness (QED) is 0.379. The van der Waals surface area contributed by atoms with Crippen molar-refractivity contribution in [1.82, 2.24) is 4.98 Å². The first-order valence-corrected chi connectivity index (χ1v) is 1.63. The zero-order valence-corrected chi connectivity index (χ0v) is 3.33. The average Bonchev–Trinajstić information content (AvgIpc) is 2.14. The van der Waals surface area contributed by atoms with Gasteiger partial charge in [0.15, 0.2) is 0 Å². The fourth-order valence-electron chi connectivity index (χ4n) is 0.252. The Morgan fingerprint density at radius 3 is 3.00 bits per heavy atom. The Bertz CT molecular complexity index is 125. The molecule has 0 saturated carbocycles. The summed E-state index contributed by atoms with van der Waals surface area (Å²) in [6, 6.07) is 0. The molecule has 0 aromatic carbocycles. The predicted octanol–water partition coefficient (Wildman–Crippen LogP) is 0.399. The van der Waals surface area contributed by atoms with E-state index in [0.29, 0.717) is 0 Å². The molecule has 1 heterocycles. The monoisotopic (exact) mass is 100 g/mol. The topological polar surface area (TPSA) is 55.2 Å². The molecule has 0 unspecified atom stereocenters. The Morgan fingerprint density at radius 1 is 1.86 bits per heavy atom. The first-order valence-electron chi connectivity index (χ1n) is 1.63. The van der Waals surface area contributed by atoms with Crippen molar-refractivity contribution >= 4 is 0 Å². The third-order valence-electron chi connectivity index (χ3n) is 0.481. The summed E-state index contributed by atoms with van der Waals surface area (Å²) in [5.41, 5.74) is 0. The van der Waals surface area contributed by atoms with E-state index in [1.165, 1.54) is 12.5 Å². The summed E-state index contributed by atoms with van der Waals surface area (Å²) in [5.74, 6) is 0. The van der Waals surface area contributed by atoms with E-state index in [1.54, 1.807) is 0 Å². The summed E-state index contributed by atoms with van der Waals surface area (Å²) in [6.07, 6.45) is 2.33. The molecule has 7 heavy (non-hydrogen) atoms. The Morgan fingerprint density at radius 2 is 2.71 bits per heavy atom. The molecule has 0 amide bonds. The standard InChI is InChI=1S/C3H2NO3/c5-7-3-4-1-2-6-3/h1-2H. The molecule has 0 saturated heterocycles. The van der Waals surface area contributed by atoms with Gasteiger partial charge in [0, 0.05) is 5.26 Å². The fourth-order valence-corrected chi connectivity index (χ4v) is 0.252. The molecule has 0 bridgehead atoms. The van der Waals surface area contributed by atoms with Crippen LogP contribution in [0.2, 0.25) is 0 Å². The van der Waals surface area contributed by atoms with E-state index in [4.69, 9.17) is 0 Å². The SMILES string of the molecule is [O]Oc1ncco1. The van der Waals surface area contributed by atoms with Gasteiger partial charge in [0.2, 0.25) is 0 Å². The Labute approximate surface area is 39.3 Å². The molecule has 0 aliphatic carbocycles. The van der Waals surface area contributed by atoms with E-state index in [-0.39, 0.29) is 6.08 Å². The van der Waals surface area contributed by atoms with Crippen molar-refractivity contribution in [2.24, 2.45) is 0 Å². The zero-order chi connectivity index (χ0) is 5.11. The molecule has 1 aromatic heterocycles. The lowest BCUT2D eigenvalue weighted by atomic mass is 11.0. The van der Waals surface area contributed by atoms with Crippen LogP contribution in [-0.4, -0.2) is 4.98 Å². The van der Waals surface area contributed by atoms with Crippen LogP contribution >= 0.6 is 0 Å². The third-order valence-corrected chi connectivity index (χ3v) is 0.481. The van der Waals surface area contributed by atoms with Gasteiger partial charge in [-0.15, -0.1) is 0 Å². The van der Waals surface area contributed by atoms with Crippen molar-refractivity contribution in [1.29, 1.82) is 0 Å². The van der Waals surface area contributed by atoms with Crippen LogP contribution in [0.5, 0.6) is 6.08 Å². The van der Waals surface area contributed by atoms with E-state index in [1.807, 2.05) is 0 Å². The first-order chi connectivity index (χ1) is 3.43. The van der Waals surface area contributed by atoms with Crippen LogP contribution in [-0.2, 0) is 5.26 Å². The summed E-state index contributed by atoms with van der Waals surface area (Å²) in [4.78, 5) is 6.66. The van der Waals surface area contributed by atoms with Gasteiger partial charge in [0.1, 0.15) is 6.26 Å². The van der Waals surface area contributed by atoms with Gasteiger partial charge >= 0.3 is 6.08 Å². The smallest absolute Gasteiger partial charge is 0.416 e. The lowest BCUT2D eigenvalue weighted by Gasteiger charge is -1.75. The van der Waals surface area contributed by atoms with Gasteiger partial charge in [-0.2, -0.15) is 4.98 Å². The molecule has 1 rings (SSSR count). The molecule has 0 fully saturated rings.